The van der Waals surface area contributed by atoms with Crippen molar-refractivity contribution in [1.82, 2.24) is 5.32 Å². The SMILES string of the molecule is C=CCCCCCC(CSCC)NCC. The Bertz CT molecular complexity index is 136. The zero-order chi connectivity index (χ0) is 11.4. The molecule has 1 unspecified atom stereocenters. The summed E-state index contributed by atoms with van der Waals surface area (Å²) in [4.78, 5) is 0. The lowest BCUT2D eigenvalue weighted by atomic mass is 10.1. The van der Waals surface area contributed by atoms with Crippen molar-refractivity contribution >= 4 is 11.8 Å². The number of unbranched alkanes of at least 4 members (excludes halogenated alkanes) is 3. The van der Waals surface area contributed by atoms with Gasteiger partial charge in [0.05, 0.1) is 0 Å². The standard InChI is InChI=1S/C13H27NS/c1-4-7-8-9-10-11-13(14-5-2)12-15-6-3/h4,13-14H,1,5-12H2,2-3H3. The Morgan fingerprint density at radius 3 is 2.67 bits per heavy atom. The van der Waals surface area contributed by atoms with Crippen LogP contribution in [0.15, 0.2) is 12.7 Å². The zero-order valence-corrected chi connectivity index (χ0v) is 11.2. The minimum Gasteiger partial charge on any atom is -0.313 e. The summed E-state index contributed by atoms with van der Waals surface area (Å²) in [7, 11) is 0. The van der Waals surface area contributed by atoms with Gasteiger partial charge >= 0.3 is 0 Å². The summed E-state index contributed by atoms with van der Waals surface area (Å²) in [5.74, 6) is 2.50. The van der Waals surface area contributed by atoms with E-state index < -0.39 is 0 Å². The van der Waals surface area contributed by atoms with Gasteiger partial charge in [0, 0.05) is 11.8 Å². The van der Waals surface area contributed by atoms with Crippen molar-refractivity contribution in [2.75, 3.05) is 18.1 Å². The third-order valence-corrected chi connectivity index (χ3v) is 3.52. The van der Waals surface area contributed by atoms with Crippen molar-refractivity contribution in [1.29, 1.82) is 0 Å². The quantitative estimate of drug-likeness (QED) is 0.426. The van der Waals surface area contributed by atoms with Crippen LogP contribution in [-0.4, -0.2) is 24.1 Å². The lowest BCUT2D eigenvalue weighted by molar-refractivity contribution is 0.503. The second-order valence-electron chi connectivity index (χ2n) is 3.84. The summed E-state index contributed by atoms with van der Waals surface area (Å²) in [6.07, 6.45) is 8.55. The summed E-state index contributed by atoms with van der Waals surface area (Å²) >= 11 is 2.05. The monoisotopic (exact) mass is 229 g/mol. The first-order chi connectivity index (χ1) is 7.35. The van der Waals surface area contributed by atoms with Crippen molar-refractivity contribution in [3.8, 4) is 0 Å². The summed E-state index contributed by atoms with van der Waals surface area (Å²) in [5.41, 5.74) is 0. The lowest BCUT2D eigenvalue weighted by Gasteiger charge is -2.16. The van der Waals surface area contributed by atoms with Crippen LogP contribution >= 0.6 is 11.8 Å². The Morgan fingerprint density at radius 1 is 1.27 bits per heavy atom. The van der Waals surface area contributed by atoms with Gasteiger partial charge in [-0.3, -0.25) is 0 Å². The van der Waals surface area contributed by atoms with Gasteiger partial charge in [0.15, 0.2) is 0 Å². The molecule has 15 heavy (non-hydrogen) atoms. The molecule has 0 heterocycles. The predicted molar refractivity (Wildman–Crippen MR) is 73.7 cm³/mol. The van der Waals surface area contributed by atoms with E-state index in [-0.39, 0.29) is 0 Å². The Balaban J connectivity index is 3.42. The Kier molecular flexibility index (Phi) is 12.2. The van der Waals surface area contributed by atoms with Crippen LogP contribution in [0.2, 0.25) is 0 Å². The summed E-state index contributed by atoms with van der Waals surface area (Å²) in [5, 5.41) is 3.57. The molecule has 0 saturated carbocycles. The molecule has 0 aromatic rings. The number of rotatable bonds is 11. The largest absolute Gasteiger partial charge is 0.313 e. The molecule has 90 valence electrons. The maximum absolute atomic E-state index is 3.75. The van der Waals surface area contributed by atoms with E-state index in [2.05, 4.69) is 25.7 Å². The van der Waals surface area contributed by atoms with Crippen molar-refractivity contribution in [3.05, 3.63) is 12.7 Å². The number of hydrogen-bond donors (Lipinski definition) is 1. The molecule has 0 rings (SSSR count). The predicted octanol–water partition coefficient (Wildman–Crippen LogP) is 3.85. The highest BCUT2D eigenvalue weighted by molar-refractivity contribution is 7.99. The van der Waals surface area contributed by atoms with E-state index in [9.17, 15) is 0 Å². The molecule has 0 saturated heterocycles. The minimum absolute atomic E-state index is 0.726. The van der Waals surface area contributed by atoms with Crippen LogP contribution in [-0.2, 0) is 0 Å². The molecule has 2 heteroatoms. The Hall–Kier alpha value is 0.0500. The summed E-state index contributed by atoms with van der Waals surface area (Å²) in [6, 6.07) is 0.726. The van der Waals surface area contributed by atoms with Crippen LogP contribution < -0.4 is 5.32 Å². The molecular weight excluding hydrogens is 202 g/mol. The normalized spacial score (nSPS) is 12.7. The van der Waals surface area contributed by atoms with E-state index in [1.54, 1.807) is 0 Å². The maximum Gasteiger partial charge on any atom is 0.0158 e. The maximum atomic E-state index is 3.75. The molecular formula is C13H27NS. The highest BCUT2D eigenvalue weighted by Gasteiger charge is 2.05. The van der Waals surface area contributed by atoms with Gasteiger partial charge in [0.25, 0.3) is 0 Å². The molecule has 0 amide bonds. The van der Waals surface area contributed by atoms with Crippen LogP contribution in [0, 0.1) is 0 Å². The topological polar surface area (TPSA) is 12.0 Å². The first kappa shape index (κ1) is 15.0. The minimum atomic E-state index is 0.726. The van der Waals surface area contributed by atoms with Crippen molar-refractivity contribution in [2.45, 2.75) is 52.0 Å². The van der Waals surface area contributed by atoms with Crippen LogP contribution in [0.3, 0.4) is 0 Å². The average molecular weight is 229 g/mol. The Morgan fingerprint density at radius 2 is 2.07 bits per heavy atom. The molecule has 1 nitrogen and oxygen atoms in total. The van der Waals surface area contributed by atoms with E-state index in [1.807, 2.05) is 17.8 Å². The van der Waals surface area contributed by atoms with Gasteiger partial charge in [-0.15, -0.1) is 6.58 Å². The van der Waals surface area contributed by atoms with E-state index in [4.69, 9.17) is 0 Å². The van der Waals surface area contributed by atoms with E-state index in [1.165, 1.54) is 43.6 Å². The number of nitrogens with one attached hydrogen (secondary N) is 1. The fourth-order valence-electron chi connectivity index (χ4n) is 1.65. The van der Waals surface area contributed by atoms with Gasteiger partial charge in [-0.25, -0.2) is 0 Å². The van der Waals surface area contributed by atoms with E-state index in [0.717, 1.165) is 12.6 Å². The summed E-state index contributed by atoms with van der Waals surface area (Å²) < 4.78 is 0. The molecule has 0 aliphatic rings. The molecule has 1 atom stereocenters. The number of hydrogen-bond acceptors (Lipinski definition) is 2. The van der Waals surface area contributed by atoms with Gasteiger partial charge < -0.3 is 5.32 Å². The molecule has 0 bridgehead atoms. The van der Waals surface area contributed by atoms with Crippen LogP contribution in [0.5, 0.6) is 0 Å². The van der Waals surface area contributed by atoms with Crippen molar-refractivity contribution < 1.29 is 0 Å². The van der Waals surface area contributed by atoms with E-state index in [0.29, 0.717) is 0 Å². The Labute approximate surface area is 100 Å². The van der Waals surface area contributed by atoms with Crippen molar-refractivity contribution in [2.24, 2.45) is 0 Å². The third kappa shape index (κ3) is 10.3. The zero-order valence-electron chi connectivity index (χ0n) is 10.4. The molecule has 0 fully saturated rings. The average Bonchev–Trinajstić information content (AvgIpc) is 2.25. The van der Waals surface area contributed by atoms with Crippen LogP contribution in [0.25, 0.3) is 0 Å². The number of thioether (sulfide) groups is 1. The molecule has 0 aliphatic carbocycles. The second-order valence-corrected chi connectivity index (χ2v) is 5.16. The highest BCUT2D eigenvalue weighted by atomic mass is 32.2. The molecule has 0 aromatic carbocycles. The van der Waals surface area contributed by atoms with Gasteiger partial charge in [0.2, 0.25) is 0 Å². The van der Waals surface area contributed by atoms with Crippen LogP contribution in [0.1, 0.15) is 46.0 Å². The van der Waals surface area contributed by atoms with Gasteiger partial charge in [-0.2, -0.15) is 11.8 Å². The molecule has 0 aromatic heterocycles. The fourth-order valence-corrected chi connectivity index (χ4v) is 2.45. The third-order valence-electron chi connectivity index (χ3n) is 2.48. The van der Waals surface area contributed by atoms with Crippen LogP contribution in [0.4, 0.5) is 0 Å². The first-order valence-corrected chi connectivity index (χ1v) is 7.42. The highest BCUT2D eigenvalue weighted by Crippen LogP contribution is 2.10. The lowest BCUT2D eigenvalue weighted by Crippen LogP contribution is -2.31. The fraction of sp³-hybridized carbons (Fsp3) is 0.846. The molecule has 0 radical (unpaired) electrons. The second kappa shape index (κ2) is 12.1. The smallest absolute Gasteiger partial charge is 0.0158 e. The molecule has 1 N–H and O–H groups in total. The molecule has 0 aliphatic heterocycles. The van der Waals surface area contributed by atoms with Crippen molar-refractivity contribution in [3.63, 3.8) is 0 Å². The first-order valence-electron chi connectivity index (χ1n) is 6.27. The molecule has 0 spiro atoms. The number of allylic oxidation sites excluding steroid dienone is 1. The van der Waals surface area contributed by atoms with Gasteiger partial charge in [-0.05, 0) is 31.6 Å². The van der Waals surface area contributed by atoms with E-state index >= 15 is 0 Å². The van der Waals surface area contributed by atoms with Gasteiger partial charge in [-0.1, -0.05) is 32.8 Å². The summed E-state index contributed by atoms with van der Waals surface area (Å²) in [6.45, 7) is 9.28. The van der Waals surface area contributed by atoms with Gasteiger partial charge in [0.1, 0.15) is 0 Å².